The second-order valence-corrected chi connectivity index (χ2v) is 5.21. The van der Waals surface area contributed by atoms with Crippen LogP contribution in [0.1, 0.15) is 22.3 Å². The maximum Gasteiger partial charge on any atom is 0.120 e. The molecule has 1 nitrogen and oxygen atoms in total. The summed E-state index contributed by atoms with van der Waals surface area (Å²) < 4.78 is 5.83. The summed E-state index contributed by atoms with van der Waals surface area (Å²) in [5.74, 6) is 1.34. The Morgan fingerprint density at radius 2 is 1.58 bits per heavy atom. The van der Waals surface area contributed by atoms with E-state index in [1.54, 1.807) is 0 Å². The smallest absolute Gasteiger partial charge is 0.120 e. The predicted octanol–water partition coefficient (Wildman–Crippen LogP) is 5.27. The average molecular weight is 295 g/mol. The first-order valence-electron chi connectivity index (χ1n) is 6.14. The van der Waals surface area contributed by atoms with Crippen LogP contribution in [0.25, 0.3) is 0 Å². The van der Waals surface area contributed by atoms with E-state index in [1.807, 2.05) is 50.2 Å². The molecule has 0 aliphatic rings. The largest absolute Gasteiger partial charge is 0.489 e. The lowest BCUT2D eigenvalue weighted by Gasteiger charge is -2.12. The Bertz CT molecular complexity index is 556. The summed E-state index contributed by atoms with van der Waals surface area (Å²) in [6, 6.07) is 11.9. The van der Waals surface area contributed by atoms with Crippen LogP contribution in [0.5, 0.6) is 5.75 Å². The molecule has 0 bridgehead atoms. The predicted molar refractivity (Wildman–Crippen MR) is 81.3 cm³/mol. The molecule has 3 heteroatoms. The van der Waals surface area contributed by atoms with Crippen LogP contribution in [0.3, 0.4) is 0 Å². The Morgan fingerprint density at radius 3 is 2.16 bits per heavy atom. The number of alkyl halides is 1. The summed E-state index contributed by atoms with van der Waals surface area (Å²) in [5, 5.41) is 0.800. The lowest BCUT2D eigenvalue weighted by Crippen LogP contribution is -1.99. The van der Waals surface area contributed by atoms with Gasteiger partial charge in [0.1, 0.15) is 12.4 Å². The zero-order chi connectivity index (χ0) is 13.8. The van der Waals surface area contributed by atoms with Gasteiger partial charge in [-0.2, -0.15) is 0 Å². The van der Waals surface area contributed by atoms with E-state index < -0.39 is 0 Å². The van der Waals surface area contributed by atoms with Gasteiger partial charge in [0.25, 0.3) is 0 Å². The molecule has 0 aliphatic heterocycles. The molecule has 0 atom stereocenters. The summed E-state index contributed by atoms with van der Waals surface area (Å²) in [4.78, 5) is 0. The van der Waals surface area contributed by atoms with Crippen molar-refractivity contribution in [3.05, 3.63) is 63.7 Å². The minimum atomic E-state index is 0.498. The van der Waals surface area contributed by atoms with Gasteiger partial charge >= 0.3 is 0 Å². The van der Waals surface area contributed by atoms with Gasteiger partial charge in [0.15, 0.2) is 0 Å². The number of rotatable bonds is 4. The van der Waals surface area contributed by atoms with Gasteiger partial charge in [-0.15, -0.1) is 11.6 Å². The number of halogens is 2. The monoisotopic (exact) mass is 294 g/mol. The molecule has 2 rings (SSSR count). The molecule has 0 saturated carbocycles. The van der Waals surface area contributed by atoms with E-state index in [0.29, 0.717) is 12.5 Å². The van der Waals surface area contributed by atoms with E-state index in [1.165, 1.54) is 0 Å². The first-order valence-corrected chi connectivity index (χ1v) is 7.05. The van der Waals surface area contributed by atoms with Crippen LogP contribution in [0.2, 0.25) is 5.02 Å². The van der Waals surface area contributed by atoms with E-state index in [4.69, 9.17) is 27.9 Å². The third-order valence-electron chi connectivity index (χ3n) is 3.07. The van der Waals surface area contributed by atoms with Gasteiger partial charge in [0.2, 0.25) is 0 Å². The normalized spacial score (nSPS) is 10.5. The van der Waals surface area contributed by atoms with Gasteiger partial charge in [-0.1, -0.05) is 35.9 Å². The van der Waals surface area contributed by atoms with Crippen molar-refractivity contribution in [1.82, 2.24) is 0 Å². The zero-order valence-electron chi connectivity index (χ0n) is 11.0. The standard InChI is InChI=1S/C16H16Cl2O/c1-11-7-15(8-12(2)16(11)18)19-10-14-6-4-3-5-13(14)9-17/h3-8H,9-10H2,1-2H3. The van der Waals surface area contributed by atoms with Crippen molar-refractivity contribution in [2.75, 3.05) is 0 Å². The summed E-state index contributed by atoms with van der Waals surface area (Å²) >= 11 is 12.1. The number of aryl methyl sites for hydroxylation is 2. The van der Waals surface area contributed by atoms with Crippen molar-refractivity contribution < 1.29 is 4.74 Å². The first-order chi connectivity index (χ1) is 9.11. The topological polar surface area (TPSA) is 9.23 Å². The first kappa shape index (κ1) is 14.2. The zero-order valence-corrected chi connectivity index (χ0v) is 12.6. The molecule has 0 fully saturated rings. The SMILES string of the molecule is Cc1cc(OCc2ccccc2CCl)cc(C)c1Cl. The Labute approximate surface area is 124 Å². The Kier molecular flexibility index (Phi) is 4.73. The molecule has 19 heavy (non-hydrogen) atoms. The van der Waals surface area contributed by atoms with Crippen molar-refractivity contribution in [3.8, 4) is 5.75 Å². The highest BCUT2D eigenvalue weighted by atomic mass is 35.5. The maximum absolute atomic E-state index is 6.14. The number of hydrogen-bond donors (Lipinski definition) is 0. The Morgan fingerprint density at radius 1 is 1.00 bits per heavy atom. The fourth-order valence-corrected chi connectivity index (χ4v) is 2.35. The quantitative estimate of drug-likeness (QED) is 0.698. The molecule has 0 unspecified atom stereocenters. The second-order valence-electron chi connectivity index (χ2n) is 4.56. The highest BCUT2D eigenvalue weighted by Crippen LogP contribution is 2.26. The second kappa shape index (κ2) is 6.31. The van der Waals surface area contributed by atoms with Crippen LogP contribution in [0, 0.1) is 13.8 Å². The van der Waals surface area contributed by atoms with Crippen LogP contribution >= 0.6 is 23.2 Å². The van der Waals surface area contributed by atoms with Gasteiger partial charge in [-0.25, -0.2) is 0 Å². The molecule has 0 N–H and O–H groups in total. The van der Waals surface area contributed by atoms with Crippen molar-refractivity contribution in [2.45, 2.75) is 26.3 Å². The van der Waals surface area contributed by atoms with E-state index >= 15 is 0 Å². The molecular weight excluding hydrogens is 279 g/mol. The molecular formula is C16H16Cl2O. The number of hydrogen-bond acceptors (Lipinski definition) is 1. The van der Waals surface area contributed by atoms with Crippen LogP contribution in [0.4, 0.5) is 0 Å². The average Bonchev–Trinajstić information content (AvgIpc) is 2.42. The lowest BCUT2D eigenvalue weighted by atomic mass is 10.1. The molecule has 100 valence electrons. The molecule has 0 aromatic heterocycles. The van der Waals surface area contributed by atoms with Crippen LogP contribution in [-0.4, -0.2) is 0 Å². The van der Waals surface area contributed by atoms with Crippen molar-refractivity contribution in [1.29, 1.82) is 0 Å². The van der Waals surface area contributed by atoms with E-state index in [9.17, 15) is 0 Å². The highest BCUT2D eigenvalue weighted by Gasteiger charge is 2.05. The summed E-state index contributed by atoms with van der Waals surface area (Å²) in [6.07, 6.45) is 0. The molecule has 2 aromatic carbocycles. The molecule has 0 aliphatic carbocycles. The number of ether oxygens (including phenoxy) is 1. The fraction of sp³-hybridized carbons (Fsp3) is 0.250. The third kappa shape index (κ3) is 3.43. The fourth-order valence-electron chi connectivity index (χ4n) is 1.98. The molecule has 0 saturated heterocycles. The van der Waals surface area contributed by atoms with Crippen LogP contribution in [0.15, 0.2) is 36.4 Å². The molecule has 0 heterocycles. The summed E-state index contributed by atoms with van der Waals surface area (Å²) in [5.41, 5.74) is 4.28. The molecule has 0 amide bonds. The van der Waals surface area contributed by atoms with Crippen molar-refractivity contribution in [2.24, 2.45) is 0 Å². The van der Waals surface area contributed by atoms with Gasteiger partial charge in [0, 0.05) is 10.9 Å². The minimum absolute atomic E-state index is 0.498. The van der Waals surface area contributed by atoms with Crippen LogP contribution in [-0.2, 0) is 12.5 Å². The van der Waals surface area contributed by atoms with E-state index in [0.717, 1.165) is 33.0 Å². The van der Waals surface area contributed by atoms with E-state index in [2.05, 4.69) is 0 Å². The van der Waals surface area contributed by atoms with Gasteiger partial charge in [-0.3, -0.25) is 0 Å². The van der Waals surface area contributed by atoms with E-state index in [-0.39, 0.29) is 0 Å². The molecule has 0 radical (unpaired) electrons. The minimum Gasteiger partial charge on any atom is -0.489 e. The molecule has 0 spiro atoms. The Balaban J connectivity index is 2.15. The van der Waals surface area contributed by atoms with Crippen molar-refractivity contribution >= 4 is 23.2 Å². The highest BCUT2D eigenvalue weighted by molar-refractivity contribution is 6.32. The van der Waals surface area contributed by atoms with Gasteiger partial charge in [0.05, 0.1) is 0 Å². The van der Waals surface area contributed by atoms with Crippen molar-refractivity contribution in [3.63, 3.8) is 0 Å². The van der Waals surface area contributed by atoms with Gasteiger partial charge in [-0.05, 0) is 48.2 Å². The van der Waals surface area contributed by atoms with Crippen LogP contribution < -0.4 is 4.74 Å². The third-order valence-corrected chi connectivity index (χ3v) is 3.95. The molecule has 2 aromatic rings. The summed E-state index contributed by atoms with van der Waals surface area (Å²) in [6.45, 7) is 4.48. The summed E-state index contributed by atoms with van der Waals surface area (Å²) in [7, 11) is 0. The number of benzene rings is 2. The lowest BCUT2D eigenvalue weighted by molar-refractivity contribution is 0.305. The maximum atomic E-state index is 6.14. The Hall–Kier alpha value is -1.18. The van der Waals surface area contributed by atoms with Gasteiger partial charge < -0.3 is 4.74 Å².